The highest BCUT2D eigenvalue weighted by molar-refractivity contribution is 7.94. The Morgan fingerprint density at radius 3 is 2.94 bits per heavy atom. The number of ether oxygens (including phenoxy) is 1. The standard InChI is InChI=1S/C11H13NO4S2/c1-16-6-9-2-3-10(17-9)11(13)12-8-4-5-18(14,15)7-8/h2-5,8H,6-7H2,1H3,(H,12,13)/t8-/m1/s1. The van der Waals surface area contributed by atoms with Crippen LogP contribution in [0.15, 0.2) is 23.6 Å². The number of hydrogen-bond donors (Lipinski definition) is 1. The van der Waals surface area contributed by atoms with E-state index in [0.717, 1.165) is 10.3 Å². The van der Waals surface area contributed by atoms with Gasteiger partial charge in [-0.3, -0.25) is 4.79 Å². The average molecular weight is 287 g/mol. The number of sulfone groups is 1. The molecular formula is C11H13NO4S2. The number of methoxy groups -OCH3 is 1. The molecule has 0 unspecified atom stereocenters. The maximum atomic E-state index is 11.9. The van der Waals surface area contributed by atoms with Crippen molar-refractivity contribution in [1.82, 2.24) is 5.32 Å². The van der Waals surface area contributed by atoms with Gasteiger partial charge in [-0.25, -0.2) is 8.42 Å². The zero-order valence-electron chi connectivity index (χ0n) is 9.75. The second-order valence-electron chi connectivity index (χ2n) is 3.94. The second-order valence-corrected chi connectivity index (χ2v) is 7.04. The molecule has 18 heavy (non-hydrogen) atoms. The normalized spacial score (nSPS) is 21.1. The molecule has 0 fully saturated rings. The van der Waals surface area contributed by atoms with Gasteiger partial charge in [0.2, 0.25) is 0 Å². The zero-order valence-corrected chi connectivity index (χ0v) is 11.4. The number of hydrogen-bond acceptors (Lipinski definition) is 5. The highest BCUT2D eigenvalue weighted by Crippen LogP contribution is 2.18. The van der Waals surface area contributed by atoms with Crippen molar-refractivity contribution in [1.29, 1.82) is 0 Å². The molecule has 5 nitrogen and oxygen atoms in total. The van der Waals surface area contributed by atoms with Crippen LogP contribution in [0.5, 0.6) is 0 Å². The van der Waals surface area contributed by atoms with E-state index in [0.29, 0.717) is 11.5 Å². The Morgan fingerprint density at radius 2 is 2.33 bits per heavy atom. The van der Waals surface area contributed by atoms with Gasteiger partial charge in [0, 0.05) is 17.4 Å². The van der Waals surface area contributed by atoms with Crippen molar-refractivity contribution in [3.63, 3.8) is 0 Å². The topological polar surface area (TPSA) is 72.5 Å². The fraction of sp³-hybridized carbons (Fsp3) is 0.364. The van der Waals surface area contributed by atoms with Gasteiger partial charge in [-0.2, -0.15) is 0 Å². The number of rotatable bonds is 4. The van der Waals surface area contributed by atoms with Gasteiger partial charge in [0.25, 0.3) is 5.91 Å². The van der Waals surface area contributed by atoms with Gasteiger partial charge in [-0.05, 0) is 18.2 Å². The molecule has 0 aliphatic carbocycles. The van der Waals surface area contributed by atoms with E-state index in [2.05, 4.69) is 5.32 Å². The van der Waals surface area contributed by atoms with Crippen molar-refractivity contribution in [2.45, 2.75) is 12.6 Å². The first-order valence-electron chi connectivity index (χ1n) is 5.29. The van der Waals surface area contributed by atoms with Crippen LogP contribution in [0.25, 0.3) is 0 Å². The summed E-state index contributed by atoms with van der Waals surface area (Å²) < 4.78 is 27.4. The monoisotopic (exact) mass is 287 g/mol. The van der Waals surface area contributed by atoms with E-state index >= 15 is 0 Å². The second kappa shape index (κ2) is 5.21. The molecule has 0 saturated carbocycles. The first-order chi connectivity index (χ1) is 8.50. The molecule has 0 spiro atoms. The van der Waals surface area contributed by atoms with Crippen LogP contribution in [0, 0.1) is 0 Å². The smallest absolute Gasteiger partial charge is 0.261 e. The summed E-state index contributed by atoms with van der Waals surface area (Å²) in [5.41, 5.74) is 0. The minimum Gasteiger partial charge on any atom is -0.379 e. The Balaban J connectivity index is 1.98. The summed E-state index contributed by atoms with van der Waals surface area (Å²) in [4.78, 5) is 13.4. The maximum Gasteiger partial charge on any atom is 0.261 e. The minimum absolute atomic E-state index is 0.0605. The van der Waals surface area contributed by atoms with Crippen molar-refractivity contribution in [2.75, 3.05) is 12.9 Å². The Hall–Kier alpha value is -1.18. The fourth-order valence-electron chi connectivity index (χ4n) is 1.63. The van der Waals surface area contributed by atoms with Gasteiger partial charge in [-0.15, -0.1) is 11.3 Å². The SMILES string of the molecule is COCc1ccc(C(=O)N[C@@H]2C=CS(=O)(=O)C2)s1. The minimum atomic E-state index is -3.14. The van der Waals surface area contributed by atoms with Crippen LogP contribution in [-0.4, -0.2) is 33.2 Å². The predicted octanol–water partition coefficient (Wildman–Crippen LogP) is 0.935. The Morgan fingerprint density at radius 1 is 1.56 bits per heavy atom. The van der Waals surface area contributed by atoms with Gasteiger partial charge in [-0.1, -0.05) is 0 Å². The summed E-state index contributed by atoms with van der Waals surface area (Å²) in [5.74, 6) is -0.316. The third kappa shape index (κ3) is 3.18. The van der Waals surface area contributed by atoms with E-state index in [4.69, 9.17) is 4.74 Å². The molecule has 98 valence electrons. The number of nitrogens with one attached hydrogen (secondary N) is 1. The van der Waals surface area contributed by atoms with Crippen molar-refractivity contribution in [2.24, 2.45) is 0 Å². The summed E-state index contributed by atoms with van der Waals surface area (Å²) in [5, 5.41) is 3.81. The molecule has 1 atom stereocenters. The number of thiophene rings is 1. The average Bonchev–Trinajstić information content (AvgIpc) is 2.86. The molecule has 0 aromatic carbocycles. The van der Waals surface area contributed by atoms with E-state index in [9.17, 15) is 13.2 Å². The Labute approximate surface area is 109 Å². The molecule has 1 amide bonds. The molecule has 1 aliphatic rings. The first-order valence-corrected chi connectivity index (χ1v) is 7.83. The van der Waals surface area contributed by atoms with Crippen LogP contribution in [0.3, 0.4) is 0 Å². The number of amides is 1. The van der Waals surface area contributed by atoms with Crippen LogP contribution in [0.1, 0.15) is 14.5 Å². The summed E-state index contributed by atoms with van der Waals surface area (Å²) in [7, 11) is -1.55. The van der Waals surface area contributed by atoms with Crippen LogP contribution >= 0.6 is 11.3 Å². The maximum absolute atomic E-state index is 11.9. The van der Waals surface area contributed by atoms with E-state index in [1.54, 1.807) is 13.2 Å². The van der Waals surface area contributed by atoms with Crippen molar-refractivity contribution < 1.29 is 17.9 Å². The van der Waals surface area contributed by atoms with Crippen LogP contribution < -0.4 is 5.32 Å². The third-order valence-corrected chi connectivity index (χ3v) is 4.87. The van der Waals surface area contributed by atoms with Gasteiger partial charge in [0.15, 0.2) is 9.84 Å². The third-order valence-electron chi connectivity index (χ3n) is 2.42. The predicted molar refractivity (Wildman–Crippen MR) is 69.2 cm³/mol. The molecule has 1 aliphatic heterocycles. The molecule has 1 aromatic heterocycles. The van der Waals surface area contributed by atoms with Crippen LogP contribution in [0.2, 0.25) is 0 Å². The van der Waals surface area contributed by atoms with Crippen LogP contribution in [-0.2, 0) is 21.2 Å². The van der Waals surface area contributed by atoms with Crippen molar-refractivity contribution in [3.05, 3.63) is 33.4 Å². The Bertz CT molecular complexity index is 574. The molecule has 2 rings (SSSR count). The van der Waals surface area contributed by atoms with Gasteiger partial charge >= 0.3 is 0 Å². The summed E-state index contributed by atoms with van der Waals surface area (Å²) >= 11 is 1.34. The van der Waals surface area contributed by atoms with Gasteiger partial charge in [0.05, 0.1) is 23.3 Å². The van der Waals surface area contributed by atoms with Crippen molar-refractivity contribution >= 4 is 27.1 Å². The highest BCUT2D eigenvalue weighted by Gasteiger charge is 2.23. The number of carbonyl (C=O) groups excluding carboxylic acids is 1. The molecule has 1 aromatic rings. The molecule has 0 radical (unpaired) electrons. The Kier molecular flexibility index (Phi) is 3.84. The number of carbonyl (C=O) groups is 1. The van der Waals surface area contributed by atoms with E-state index in [1.807, 2.05) is 6.07 Å². The fourth-order valence-corrected chi connectivity index (χ4v) is 3.74. The van der Waals surface area contributed by atoms with E-state index < -0.39 is 15.9 Å². The van der Waals surface area contributed by atoms with E-state index in [-0.39, 0.29) is 11.7 Å². The molecule has 0 saturated heterocycles. The largest absolute Gasteiger partial charge is 0.379 e. The highest BCUT2D eigenvalue weighted by atomic mass is 32.2. The molecule has 0 bridgehead atoms. The molecule has 7 heteroatoms. The summed E-state index contributed by atoms with van der Waals surface area (Å²) in [6.07, 6.45) is 1.50. The lowest BCUT2D eigenvalue weighted by atomic mass is 10.3. The lowest BCUT2D eigenvalue weighted by Crippen LogP contribution is -2.35. The molecule has 2 heterocycles. The quantitative estimate of drug-likeness (QED) is 0.894. The lowest BCUT2D eigenvalue weighted by molar-refractivity contribution is 0.0952. The van der Waals surface area contributed by atoms with Crippen molar-refractivity contribution in [3.8, 4) is 0 Å². The molecular weight excluding hydrogens is 274 g/mol. The van der Waals surface area contributed by atoms with Gasteiger partial charge in [0.1, 0.15) is 0 Å². The molecule has 1 N–H and O–H groups in total. The zero-order chi connectivity index (χ0) is 13.2. The lowest BCUT2D eigenvalue weighted by Gasteiger charge is -2.08. The van der Waals surface area contributed by atoms with Gasteiger partial charge < -0.3 is 10.1 Å². The van der Waals surface area contributed by atoms with E-state index in [1.165, 1.54) is 17.4 Å². The summed E-state index contributed by atoms with van der Waals surface area (Å²) in [6.45, 7) is 0.468. The summed E-state index contributed by atoms with van der Waals surface area (Å²) in [6, 6.07) is 3.10. The first kappa shape index (κ1) is 13.3. The van der Waals surface area contributed by atoms with Crippen LogP contribution in [0.4, 0.5) is 0 Å².